The second-order valence-corrected chi connectivity index (χ2v) is 10.2. The SMILES string of the molecule is CCCCCCC(=O)N(Cc1cccc(OS(=O)(=O)c2cccc(C(F)(F)F)c2)c1)CC(C)C. The number of halogens is 3. The number of amides is 1. The summed E-state index contributed by atoms with van der Waals surface area (Å²) in [6.07, 6.45) is -0.243. The number of carbonyl (C=O) groups is 1. The van der Waals surface area contributed by atoms with Gasteiger partial charge in [0, 0.05) is 19.5 Å². The first-order chi connectivity index (χ1) is 15.9. The number of carbonyl (C=O) groups excluding carboxylic acids is 1. The summed E-state index contributed by atoms with van der Waals surface area (Å²) in [4.78, 5) is 13.9. The lowest BCUT2D eigenvalue weighted by Gasteiger charge is -2.25. The lowest BCUT2D eigenvalue weighted by atomic mass is 10.1. The fraction of sp³-hybridized carbons (Fsp3) is 0.480. The van der Waals surface area contributed by atoms with Gasteiger partial charge in [-0.1, -0.05) is 58.2 Å². The van der Waals surface area contributed by atoms with E-state index in [-0.39, 0.29) is 24.1 Å². The third-order valence-corrected chi connectivity index (χ3v) is 6.35. The van der Waals surface area contributed by atoms with Gasteiger partial charge in [0.15, 0.2) is 0 Å². The van der Waals surface area contributed by atoms with Gasteiger partial charge in [-0.3, -0.25) is 4.79 Å². The van der Waals surface area contributed by atoms with Gasteiger partial charge in [-0.2, -0.15) is 21.6 Å². The lowest BCUT2D eigenvalue weighted by molar-refractivity contribution is -0.137. The summed E-state index contributed by atoms with van der Waals surface area (Å²) >= 11 is 0. The first-order valence-corrected chi connectivity index (χ1v) is 12.8. The number of rotatable bonds is 12. The Kier molecular flexibility index (Phi) is 9.97. The Balaban J connectivity index is 2.16. The summed E-state index contributed by atoms with van der Waals surface area (Å²) in [6.45, 7) is 6.97. The fourth-order valence-corrected chi connectivity index (χ4v) is 4.45. The van der Waals surface area contributed by atoms with E-state index in [0.29, 0.717) is 24.6 Å². The largest absolute Gasteiger partial charge is 0.416 e. The Morgan fingerprint density at radius 1 is 1.03 bits per heavy atom. The van der Waals surface area contributed by atoms with Gasteiger partial charge in [-0.25, -0.2) is 0 Å². The third-order valence-electron chi connectivity index (χ3n) is 5.11. The molecule has 188 valence electrons. The Morgan fingerprint density at radius 2 is 1.74 bits per heavy atom. The second-order valence-electron chi connectivity index (χ2n) is 8.69. The summed E-state index contributed by atoms with van der Waals surface area (Å²) < 4.78 is 69.2. The van der Waals surface area contributed by atoms with Crippen LogP contribution in [0.25, 0.3) is 0 Å². The molecular formula is C25H32F3NO4S. The monoisotopic (exact) mass is 499 g/mol. The smallest absolute Gasteiger partial charge is 0.379 e. The highest BCUT2D eigenvalue weighted by atomic mass is 32.2. The molecule has 0 radical (unpaired) electrons. The predicted molar refractivity (Wildman–Crippen MR) is 125 cm³/mol. The molecule has 34 heavy (non-hydrogen) atoms. The van der Waals surface area contributed by atoms with E-state index < -0.39 is 26.8 Å². The van der Waals surface area contributed by atoms with E-state index in [1.807, 2.05) is 13.8 Å². The van der Waals surface area contributed by atoms with E-state index >= 15 is 0 Å². The van der Waals surface area contributed by atoms with Crippen molar-refractivity contribution in [1.82, 2.24) is 4.90 Å². The number of alkyl halides is 3. The number of hydrogen-bond donors (Lipinski definition) is 0. The van der Waals surface area contributed by atoms with Gasteiger partial charge in [-0.05, 0) is 48.2 Å². The first kappa shape index (κ1) is 27.7. The zero-order valence-corrected chi connectivity index (χ0v) is 20.6. The molecule has 0 aromatic heterocycles. The molecule has 2 rings (SSSR count). The quantitative estimate of drug-likeness (QED) is 0.249. The maximum atomic E-state index is 13.0. The third kappa shape index (κ3) is 8.66. The summed E-state index contributed by atoms with van der Waals surface area (Å²) in [5.74, 6) is 0.253. The molecule has 9 heteroatoms. The highest BCUT2D eigenvalue weighted by molar-refractivity contribution is 7.87. The van der Waals surface area contributed by atoms with Crippen LogP contribution in [0.4, 0.5) is 13.2 Å². The van der Waals surface area contributed by atoms with E-state index in [2.05, 4.69) is 6.92 Å². The van der Waals surface area contributed by atoms with Crippen molar-refractivity contribution in [2.75, 3.05) is 6.54 Å². The number of benzene rings is 2. The minimum absolute atomic E-state index is 0.0326. The number of nitrogens with zero attached hydrogens (tertiary/aromatic N) is 1. The molecule has 0 bridgehead atoms. The van der Waals surface area contributed by atoms with Crippen molar-refractivity contribution in [2.45, 2.75) is 70.5 Å². The van der Waals surface area contributed by atoms with Crippen LogP contribution in [0.2, 0.25) is 0 Å². The van der Waals surface area contributed by atoms with Crippen molar-refractivity contribution in [3.8, 4) is 5.75 Å². The Morgan fingerprint density at radius 3 is 2.38 bits per heavy atom. The van der Waals surface area contributed by atoms with Gasteiger partial charge in [-0.15, -0.1) is 0 Å². The maximum Gasteiger partial charge on any atom is 0.416 e. The van der Waals surface area contributed by atoms with Crippen LogP contribution in [-0.2, 0) is 27.6 Å². The fourth-order valence-electron chi connectivity index (χ4n) is 3.48. The van der Waals surface area contributed by atoms with E-state index in [9.17, 15) is 26.4 Å². The van der Waals surface area contributed by atoms with Crippen molar-refractivity contribution in [2.24, 2.45) is 5.92 Å². The van der Waals surface area contributed by atoms with Crippen LogP contribution in [-0.4, -0.2) is 25.8 Å². The summed E-state index contributed by atoms with van der Waals surface area (Å²) in [6, 6.07) is 9.65. The molecule has 2 aromatic rings. The molecule has 1 amide bonds. The molecule has 0 aliphatic heterocycles. The summed E-state index contributed by atoms with van der Waals surface area (Å²) in [7, 11) is -4.47. The van der Waals surface area contributed by atoms with Crippen LogP contribution in [0.3, 0.4) is 0 Å². The van der Waals surface area contributed by atoms with Crippen LogP contribution in [0.5, 0.6) is 5.75 Å². The van der Waals surface area contributed by atoms with Gasteiger partial charge in [0.2, 0.25) is 5.91 Å². The van der Waals surface area contributed by atoms with Crippen LogP contribution >= 0.6 is 0 Å². The van der Waals surface area contributed by atoms with Crippen LogP contribution in [0, 0.1) is 5.92 Å². The molecule has 0 saturated heterocycles. The maximum absolute atomic E-state index is 13.0. The van der Waals surface area contributed by atoms with Gasteiger partial charge >= 0.3 is 16.3 Å². The standard InChI is InChI=1S/C25H32F3NO4S/c1-4-5-6-7-14-24(30)29(17-19(2)3)18-20-10-8-12-22(15-20)33-34(31,32)23-13-9-11-21(16-23)25(26,27)28/h8-13,15-16,19H,4-7,14,17-18H2,1-3H3. The molecule has 0 N–H and O–H groups in total. The zero-order valence-electron chi connectivity index (χ0n) is 19.8. The van der Waals surface area contributed by atoms with Crippen molar-refractivity contribution in [3.63, 3.8) is 0 Å². The van der Waals surface area contributed by atoms with E-state index in [0.717, 1.165) is 43.9 Å². The Labute approximate surface area is 200 Å². The Hall–Kier alpha value is -2.55. The molecule has 2 aromatic carbocycles. The van der Waals surface area contributed by atoms with Crippen molar-refractivity contribution in [1.29, 1.82) is 0 Å². The Bertz CT molecular complexity index is 1050. The molecule has 5 nitrogen and oxygen atoms in total. The molecular weight excluding hydrogens is 467 g/mol. The van der Waals surface area contributed by atoms with Crippen LogP contribution in [0.1, 0.15) is 64.0 Å². The molecule has 0 spiro atoms. The van der Waals surface area contributed by atoms with Gasteiger partial charge in [0.05, 0.1) is 5.56 Å². The minimum Gasteiger partial charge on any atom is -0.379 e. The van der Waals surface area contributed by atoms with Gasteiger partial charge < -0.3 is 9.08 Å². The van der Waals surface area contributed by atoms with Crippen LogP contribution < -0.4 is 4.18 Å². The molecule has 0 atom stereocenters. The molecule has 0 heterocycles. The topological polar surface area (TPSA) is 63.7 Å². The summed E-state index contributed by atoms with van der Waals surface area (Å²) in [5.41, 5.74) is -0.410. The van der Waals surface area contributed by atoms with Crippen molar-refractivity contribution < 1.29 is 30.6 Å². The summed E-state index contributed by atoms with van der Waals surface area (Å²) in [5, 5.41) is 0. The van der Waals surface area contributed by atoms with Crippen LogP contribution in [0.15, 0.2) is 53.4 Å². The lowest BCUT2D eigenvalue weighted by Crippen LogP contribution is -2.33. The van der Waals surface area contributed by atoms with E-state index in [1.165, 1.54) is 12.1 Å². The van der Waals surface area contributed by atoms with Gasteiger partial charge in [0.25, 0.3) is 0 Å². The zero-order chi connectivity index (χ0) is 25.4. The first-order valence-electron chi connectivity index (χ1n) is 11.4. The molecule has 0 fully saturated rings. The van der Waals surface area contributed by atoms with Crippen molar-refractivity contribution >= 4 is 16.0 Å². The number of unbranched alkanes of at least 4 members (excludes halogenated alkanes) is 3. The molecule has 0 saturated carbocycles. The molecule has 0 aliphatic rings. The van der Waals surface area contributed by atoms with Gasteiger partial charge in [0.1, 0.15) is 10.6 Å². The highest BCUT2D eigenvalue weighted by Gasteiger charge is 2.32. The van der Waals surface area contributed by atoms with E-state index in [1.54, 1.807) is 17.0 Å². The highest BCUT2D eigenvalue weighted by Crippen LogP contribution is 2.31. The second kappa shape index (κ2) is 12.2. The average Bonchev–Trinajstić information content (AvgIpc) is 2.75. The van der Waals surface area contributed by atoms with Crippen molar-refractivity contribution in [3.05, 3.63) is 59.7 Å². The normalized spacial score (nSPS) is 12.1. The average molecular weight is 500 g/mol. The van der Waals surface area contributed by atoms with E-state index in [4.69, 9.17) is 4.18 Å². The predicted octanol–water partition coefficient (Wildman–Crippen LogP) is 6.43. The molecule has 0 aliphatic carbocycles. The number of hydrogen-bond acceptors (Lipinski definition) is 4. The minimum atomic E-state index is -4.67. The molecule has 0 unspecified atom stereocenters.